The lowest BCUT2D eigenvalue weighted by Crippen LogP contribution is -2.42. The molecule has 0 radical (unpaired) electrons. The van der Waals surface area contributed by atoms with E-state index in [-0.39, 0.29) is 18.6 Å². The van der Waals surface area contributed by atoms with Crippen molar-refractivity contribution in [3.05, 3.63) is 24.3 Å². The van der Waals surface area contributed by atoms with E-state index >= 15 is 0 Å². The summed E-state index contributed by atoms with van der Waals surface area (Å²) in [7, 11) is 1.82. The van der Waals surface area contributed by atoms with E-state index in [1.807, 2.05) is 18.9 Å². The Morgan fingerprint density at radius 2 is 2.28 bits per heavy atom. The number of hydrogen-bond donors (Lipinski definition) is 3. The highest BCUT2D eigenvalue weighted by molar-refractivity contribution is 5.95. The zero-order valence-electron chi connectivity index (χ0n) is 10.9. The molecule has 5 nitrogen and oxygen atoms in total. The van der Waals surface area contributed by atoms with Gasteiger partial charge in [0.2, 0.25) is 5.91 Å². The topological polar surface area (TPSA) is 78.6 Å². The number of likely N-dealkylation sites (N-methyl/N-ethyl adjacent to an activating group) is 1. The summed E-state index contributed by atoms with van der Waals surface area (Å²) in [6, 6.07) is 6.83. The molecule has 1 aromatic carbocycles. The van der Waals surface area contributed by atoms with Gasteiger partial charge in [0.25, 0.3) is 0 Å². The lowest BCUT2D eigenvalue weighted by atomic mass is 10.1. The minimum atomic E-state index is -0.251. The Morgan fingerprint density at radius 3 is 2.83 bits per heavy atom. The van der Waals surface area contributed by atoms with Crippen LogP contribution in [-0.4, -0.2) is 42.2 Å². The molecule has 1 atom stereocenters. The SMILES string of the molecule is CCC(C(=O)Nc1cccc(N)c1)N(C)CCO. The number of aliphatic hydroxyl groups is 1. The van der Waals surface area contributed by atoms with E-state index in [0.717, 1.165) is 0 Å². The van der Waals surface area contributed by atoms with Gasteiger partial charge in [-0.25, -0.2) is 0 Å². The highest BCUT2D eigenvalue weighted by Gasteiger charge is 2.20. The van der Waals surface area contributed by atoms with Gasteiger partial charge in [0.1, 0.15) is 0 Å². The summed E-state index contributed by atoms with van der Waals surface area (Å²) in [6.07, 6.45) is 0.685. The smallest absolute Gasteiger partial charge is 0.241 e. The first-order valence-corrected chi connectivity index (χ1v) is 6.06. The third-order valence-electron chi connectivity index (χ3n) is 2.83. The second-order valence-electron chi connectivity index (χ2n) is 4.24. The first kappa shape index (κ1) is 14.5. The maximum atomic E-state index is 12.1. The van der Waals surface area contributed by atoms with Gasteiger partial charge in [-0.3, -0.25) is 9.69 Å². The van der Waals surface area contributed by atoms with Gasteiger partial charge in [-0.2, -0.15) is 0 Å². The van der Waals surface area contributed by atoms with Crippen LogP contribution in [0.3, 0.4) is 0 Å². The predicted octanol–water partition coefficient (Wildman–Crippen LogP) is 0.910. The van der Waals surface area contributed by atoms with Gasteiger partial charge in [-0.15, -0.1) is 0 Å². The van der Waals surface area contributed by atoms with Crippen molar-refractivity contribution >= 4 is 17.3 Å². The van der Waals surface area contributed by atoms with Crippen LogP contribution in [0.15, 0.2) is 24.3 Å². The van der Waals surface area contributed by atoms with Crippen LogP contribution >= 0.6 is 0 Å². The van der Waals surface area contributed by atoms with Crippen molar-refractivity contribution in [3.63, 3.8) is 0 Å². The van der Waals surface area contributed by atoms with E-state index in [0.29, 0.717) is 24.3 Å². The Morgan fingerprint density at radius 1 is 1.56 bits per heavy atom. The summed E-state index contributed by atoms with van der Waals surface area (Å²) in [5.41, 5.74) is 6.96. The molecule has 100 valence electrons. The Balaban J connectivity index is 2.68. The lowest BCUT2D eigenvalue weighted by molar-refractivity contribution is -0.121. The summed E-state index contributed by atoms with van der Waals surface area (Å²) >= 11 is 0. The van der Waals surface area contributed by atoms with Gasteiger partial charge >= 0.3 is 0 Å². The number of benzene rings is 1. The zero-order chi connectivity index (χ0) is 13.5. The standard InChI is InChI=1S/C13H21N3O2/c1-3-12(16(2)7-8-17)13(18)15-11-6-4-5-10(14)9-11/h4-6,9,12,17H,3,7-8,14H2,1-2H3,(H,15,18). The van der Waals surface area contributed by atoms with E-state index in [1.54, 1.807) is 24.3 Å². The van der Waals surface area contributed by atoms with E-state index in [2.05, 4.69) is 5.32 Å². The maximum Gasteiger partial charge on any atom is 0.241 e. The first-order valence-electron chi connectivity index (χ1n) is 6.06. The molecule has 0 bridgehead atoms. The van der Waals surface area contributed by atoms with E-state index < -0.39 is 0 Å². The molecule has 0 fully saturated rings. The number of rotatable bonds is 6. The van der Waals surface area contributed by atoms with Gasteiger partial charge in [-0.1, -0.05) is 13.0 Å². The quantitative estimate of drug-likeness (QED) is 0.657. The molecule has 1 unspecified atom stereocenters. The highest BCUT2D eigenvalue weighted by atomic mass is 16.3. The minimum Gasteiger partial charge on any atom is -0.399 e. The van der Waals surface area contributed by atoms with Crippen LogP contribution in [0.5, 0.6) is 0 Å². The molecule has 0 aliphatic rings. The van der Waals surface area contributed by atoms with Gasteiger partial charge in [-0.05, 0) is 31.7 Å². The maximum absolute atomic E-state index is 12.1. The second kappa shape index (κ2) is 6.98. The molecule has 0 aromatic heterocycles. The van der Waals surface area contributed by atoms with Crippen LogP contribution in [0.4, 0.5) is 11.4 Å². The fourth-order valence-corrected chi connectivity index (χ4v) is 1.85. The minimum absolute atomic E-state index is 0.0402. The molecule has 4 N–H and O–H groups in total. The van der Waals surface area contributed by atoms with E-state index in [1.165, 1.54) is 0 Å². The summed E-state index contributed by atoms with van der Waals surface area (Å²) in [5.74, 6) is -0.0842. The number of nitrogens with zero attached hydrogens (tertiary/aromatic N) is 1. The van der Waals surface area contributed by atoms with Gasteiger partial charge in [0, 0.05) is 17.9 Å². The number of amides is 1. The number of nitrogens with one attached hydrogen (secondary N) is 1. The first-order chi connectivity index (χ1) is 8.58. The van der Waals surface area contributed by atoms with Gasteiger partial charge < -0.3 is 16.2 Å². The number of anilines is 2. The van der Waals surface area contributed by atoms with E-state index in [9.17, 15) is 4.79 Å². The lowest BCUT2D eigenvalue weighted by Gasteiger charge is -2.25. The average molecular weight is 251 g/mol. The van der Waals surface area contributed by atoms with Crippen LogP contribution < -0.4 is 11.1 Å². The largest absolute Gasteiger partial charge is 0.399 e. The van der Waals surface area contributed by atoms with Crippen LogP contribution in [0.25, 0.3) is 0 Å². The summed E-state index contributed by atoms with van der Waals surface area (Å²) in [6.45, 7) is 2.46. The molecule has 0 saturated carbocycles. The van der Waals surface area contributed by atoms with Crippen LogP contribution in [0.1, 0.15) is 13.3 Å². The molecule has 0 saturated heterocycles. The second-order valence-corrected chi connectivity index (χ2v) is 4.24. The number of nitrogen functional groups attached to an aromatic ring is 1. The molecule has 5 heteroatoms. The molecular weight excluding hydrogens is 230 g/mol. The normalized spacial score (nSPS) is 12.4. The van der Waals surface area contributed by atoms with Crippen molar-refractivity contribution in [2.75, 3.05) is 31.2 Å². The molecule has 1 rings (SSSR count). The third kappa shape index (κ3) is 4.01. The summed E-state index contributed by atoms with van der Waals surface area (Å²) in [4.78, 5) is 13.9. The molecule has 0 heterocycles. The van der Waals surface area contributed by atoms with Crippen LogP contribution in [-0.2, 0) is 4.79 Å². The van der Waals surface area contributed by atoms with Crippen molar-refractivity contribution < 1.29 is 9.90 Å². The molecule has 0 aliphatic carbocycles. The Hall–Kier alpha value is -1.59. The number of aliphatic hydroxyl groups excluding tert-OH is 1. The summed E-state index contributed by atoms with van der Waals surface area (Å²) in [5, 5.41) is 11.7. The van der Waals surface area contributed by atoms with E-state index in [4.69, 9.17) is 10.8 Å². The fourth-order valence-electron chi connectivity index (χ4n) is 1.85. The molecule has 0 aliphatic heterocycles. The zero-order valence-corrected chi connectivity index (χ0v) is 10.9. The van der Waals surface area contributed by atoms with Gasteiger partial charge in [0.15, 0.2) is 0 Å². The van der Waals surface area contributed by atoms with Crippen LogP contribution in [0.2, 0.25) is 0 Å². The van der Waals surface area contributed by atoms with Crippen molar-refractivity contribution in [2.45, 2.75) is 19.4 Å². The van der Waals surface area contributed by atoms with Crippen molar-refractivity contribution in [1.82, 2.24) is 4.90 Å². The average Bonchev–Trinajstić information content (AvgIpc) is 2.30. The molecule has 18 heavy (non-hydrogen) atoms. The number of nitrogens with two attached hydrogens (primary N) is 1. The molecule has 0 spiro atoms. The Bertz CT molecular complexity index is 396. The Labute approximate surface area is 108 Å². The van der Waals surface area contributed by atoms with Gasteiger partial charge in [0.05, 0.1) is 12.6 Å². The monoisotopic (exact) mass is 251 g/mol. The number of carbonyl (C=O) groups is 1. The Kier molecular flexibility index (Phi) is 5.61. The number of hydrogen-bond acceptors (Lipinski definition) is 4. The third-order valence-corrected chi connectivity index (χ3v) is 2.83. The number of carbonyl (C=O) groups excluding carboxylic acids is 1. The molecule has 1 amide bonds. The van der Waals surface area contributed by atoms with Crippen molar-refractivity contribution in [2.24, 2.45) is 0 Å². The predicted molar refractivity (Wildman–Crippen MR) is 73.3 cm³/mol. The molecule has 1 aromatic rings. The van der Waals surface area contributed by atoms with Crippen LogP contribution in [0, 0.1) is 0 Å². The fraction of sp³-hybridized carbons (Fsp3) is 0.462. The summed E-state index contributed by atoms with van der Waals surface area (Å²) < 4.78 is 0. The molecular formula is C13H21N3O2. The van der Waals surface area contributed by atoms with Crippen molar-refractivity contribution in [1.29, 1.82) is 0 Å². The van der Waals surface area contributed by atoms with Crippen molar-refractivity contribution in [3.8, 4) is 0 Å². The highest BCUT2D eigenvalue weighted by Crippen LogP contribution is 2.13.